The summed E-state index contributed by atoms with van der Waals surface area (Å²) in [6.07, 6.45) is 4.80. The second-order valence-corrected chi connectivity index (χ2v) is 5.40. The van der Waals surface area contributed by atoms with E-state index in [1.807, 2.05) is 47.4 Å². The Labute approximate surface area is 121 Å². The molecule has 0 radical (unpaired) electrons. The lowest BCUT2D eigenvalue weighted by Crippen LogP contribution is -1.98. The van der Waals surface area contributed by atoms with Crippen molar-refractivity contribution in [3.05, 3.63) is 53.3 Å². The van der Waals surface area contributed by atoms with Gasteiger partial charge in [0.25, 0.3) is 0 Å². The van der Waals surface area contributed by atoms with Gasteiger partial charge in [-0.3, -0.25) is 0 Å². The molecule has 0 saturated carbocycles. The van der Waals surface area contributed by atoms with E-state index in [-0.39, 0.29) is 0 Å². The average Bonchev–Trinajstić information content (AvgIpc) is 3.15. The molecule has 102 valence electrons. The summed E-state index contributed by atoms with van der Waals surface area (Å²) in [6.45, 7) is 2.78. The summed E-state index contributed by atoms with van der Waals surface area (Å²) in [6, 6.07) is 10.1. The zero-order valence-electron chi connectivity index (χ0n) is 11.2. The highest BCUT2D eigenvalue weighted by molar-refractivity contribution is 7.15. The number of aryl methyl sites for hydroxylation is 1. The molecule has 1 aromatic carbocycles. The fourth-order valence-corrected chi connectivity index (χ4v) is 2.49. The number of hydrogen-bond acceptors (Lipinski definition) is 5. The number of rotatable bonds is 5. The van der Waals surface area contributed by atoms with Gasteiger partial charge in [-0.15, -0.1) is 10.2 Å². The van der Waals surface area contributed by atoms with Crippen LogP contribution in [-0.2, 0) is 13.0 Å². The van der Waals surface area contributed by atoms with Crippen molar-refractivity contribution in [2.45, 2.75) is 19.9 Å². The van der Waals surface area contributed by atoms with Crippen LogP contribution in [0.1, 0.15) is 17.5 Å². The molecule has 3 aromatic rings. The normalized spacial score (nSPS) is 10.7. The first kappa shape index (κ1) is 12.8. The zero-order valence-corrected chi connectivity index (χ0v) is 12.0. The van der Waals surface area contributed by atoms with E-state index in [1.54, 1.807) is 11.3 Å². The Morgan fingerprint density at radius 3 is 2.80 bits per heavy atom. The van der Waals surface area contributed by atoms with Crippen LogP contribution in [0.3, 0.4) is 0 Å². The van der Waals surface area contributed by atoms with Gasteiger partial charge in [0, 0.05) is 18.3 Å². The lowest BCUT2D eigenvalue weighted by molar-refractivity contribution is 0.880. The first-order valence-corrected chi connectivity index (χ1v) is 7.32. The molecule has 2 aromatic heterocycles. The van der Waals surface area contributed by atoms with E-state index < -0.39 is 0 Å². The zero-order chi connectivity index (χ0) is 13.8. The molecule has 0 aliphatic carbocycles. The van der Waals surface area contributed by atoms with Crippen molar-refractivity contribution in [1.29, 1.82) is 0 Å². The van der Waals surface area contributed by atoms with Crippen LogP contribution in [0.25, 0.3) is 5.69 Å². The Kier molecular flexibility index (Phi) is 3.73. The third-order valence-electron chi connectivity index (χ3n) is 2.87. The van der Waals surface area contributed by atoms with Crippen molar-refractivity contribution in [2.75, 3.05) is 5.32 Å². The number of aromatic nitrogens is 4. The molecule has 6 heteroatoms. The topological polar surface area (TPSA) is 55.6 Å². The van der Waals surface area contributed by atoms with Crippen LogP contribution >= 0.6 is 11.3 Å². The van der Waals surface area contributed by atoms with Gasteiger partial charge in [0.05, 0.1) is 11.9 Å². The molecule has 0 atom stereocenters. The number of hydrogen-bond donors (Lipinski definition) is 1. The monoisotopic (exact) mass is 285 g/mol. The quantitative estimate of drug-likeness (QED) is 0.783. The first-order valence-electron chi connectivity index (χ1n) is 6.50. The molecule has 20 heavy (non-hydrogen) atoms. The molecule has 0 bridgehead atoms. The van der Waals surface area contributed by atoms with Crippen LogP contribution in [0.4, 0.5) is 5.13 Å². The van der Waals surface area contributed by atoms with Crippen molar-refractivity contribution in [1.82, 2.24) is 20.0 Å². The molecule has 0 spiro atoms. The molecule has 1 N–H and O–H groups in total. The van der Waals surface area contributed by atoms with E-state index in [4.69, 9.17) is 0 Å². The van der Waals surface area contributed by atoms with E-state index in [0.717, 1.165) is 27.8 Å². The highest BCUT2D eigenvalue weighted by atomic mass is 32.1. The van der Waals surface area contributed by atoms with Crippen molar-refractivity contribution in [3.63, 3.8) is 0 Å². The molecule has 0 aliphatic rings. The van der Waals surface area contributed by atoms with Crippen LogP contribution in [0, 0.1) is 0 Å². The molecular formula is C14H15N5S. The van der Waals surface area contributed by atoms with E-state index in [9.17, 15) is 0 Å². The molecule has 0 fully saturated rings. The Balaban J connectivity index is 1.65. The van der Waals surface area contributed by atoms with Gasteiger partial charge >= 0.3 is 0 Å². The average molecular weight is 285 g/mol. The summed E-state index contributed by atoms with van der Waals surface area (Å²) in [5.74, 6) is 0. The van der Waals surface area contributed by atoms with E-state index in [1.165, 1.54) is 0 Å². The van der Waals surface area contributed by atoms with Crippen LogP contribution < -0.4 is 5.32 Å². The summed E-state index contributed by atoms with van der Waals surface area (Å²) >= 11 is 1.59. The van der Waals surface area contributed by atoms with Crippen molar-refractivity contribution in [3.8, 4) is 5.69 Å². The molecule has 2 heterocycles. The highest BCUT2D eigenvalue weighted by Gasteiger charge is 2.04. The van der Waals surface area contributed by atoms with Gasteiger partial charge in [-0.2, -0.15) is 5.10 Å². The predicted molar refractivity (Wildman–Crippen MR) is 80.2 cm³/mol. The van der Waals surface area contributed by atoms with Gasteiger partial charge in [0.1, 0.15) is 5.01 Å². The van der Waals surface area contributed by atoms with Gasteiger partial charge < -0.3 is 5.32 Å². The van der Waals surface area contributed by atoms with Gasteiger partial charge in [0.15, 0.2) is 0 Å². The molecule has 3 rings (SSSR count). The van der Waals surface area contributed by atoms with Crippen molar-refractivity contribution >= 4 is 16.5 Å². The number of nitrogens with zero attached hydrogens (tertiary/aromatic N) is 4. The van der Waals surface area contributed by atoms with Gasteiger partial charge in [0.2, 0.25) is 5.13 Å². The largest absolute Gasteiger partial charge is 0.356 e. The number of nitrogens with one attached hydrogen (secondary N) is 1. The first-order chi connectivity index (χ1) is 9.85. The number of para-hydroxylation sites is 1. The maximum atomic E-state index is 4.36. The Morgan fingerprint density at radius 1 is 1.20 bits per heavy atom. The van der Waals surface area contributed by atoms with Gasteiger partial charge in [-0.1, -0.05) is 36.5 Å². The molecule has 0 aliphatic heterocycles. The lowest BCUT2D eigenvalue weighted by atomic mass is 10.3. The van der Waals surface area contributed by atoms with E-state index in [2.05, 4.69) is 27.5 Å². The summed E-state index contributed by atoms with van der Waals surface area (Å²) in [5.41, 5.74) is 2.17. The Hall–Kier alpha value is -2.21. The van der Waals surface area contributed by atoms with Crippen LogP contribution in [-0.4, -0.2) is 20.0 Å². The summed E-state index contributed by atoms with van der Waals surface area (Å²) in [4.78, 5) is 0. The molecule has 0 saturated heterocycles. The molecule has 5 nitrogen and oxygen atoms in total. The highest BCUT2D eigenvalue weighted by Crippen LogP contribution is 2.16. The summed E-state index contributed by atoms with van der Waals surface area (Å²) < 4.78 is 1.87. The SMILES string of the molecule is CCc1nnc(NCc2cnn(-c3ccccc3)c2)s1. The smallest absolute Gasteiger partial charge is 0.205 e. The van der Waals surface area contributed by atoms with Crippen LogP contribution in [0.15, 0.2) is 42.7 Å². The van der Waals surface area contributed by atoms with E-state index >= 15 is 0 Å². The number of benzene rings is 1. The minimum absolute atomic E-state index is 0.700. The fraction of sp³-hybridized carbons (Fsp3) is 0.214. The molecule has 0 amide bonds. The predicted octanol–water partition coefficient (Wildman–Crippen LogP) is 2.90. The van der Waals surface area contributed by atoms with Gasteiger partial charge in [-0.05, 0) is 18.6 Å². The van der Waals surface area contributed by atoms with Crippen molar-refractivity contribution < 1.29 is 0 Å². The number of anilines is 1. The van der Waals surface area contributed by atoms with E-state index in [0.29, 0.717) is 6.54 Å². The lowest BCUT2D eigenvalue weighted by Gasteiger charge is -2.00. The maximum absolute atomic E-state index is 4.36. The summed E-state index contributed by atoms with van der Waals surface area (Å²) in [5, 5.41) is 17.7. The minimum Gasteiger partial charge on any atom is -0.356 e. The Morgan fingerprint density at radius 2 is 2.05 bits per heavy atom. The second kappa shape index (κ2) is 5.83. The minimum atomic E-state index is 0.700. The standard InChI is InChI=1S/C14H15N5S/c1-2-13-17-18-14(20-13)15-8-11-9-16-19(10-11)12-6-4-3-5-7-12/h3-7,9-10H,2,8H2,1H3,(H,15,18). The van der Waals surface area contributed by atoms with Crippen LogP contribution in [0.2, 0.25) is 0 Å². The van der Waals surface area contributed by atoms with Gasteiger partial charge in [-0.25, -0.2) is 4.68 Å². The molecule has 0 unspecified atom stereocenters. The van der Waals surface area contributed by atoms with Crippen LogP contribution in [0.5, 0.6) is 0 Å². The van der Waals surface area contributed by atoms with Crippen molar-refractivity contribution in [2.24, 2.45) is 0 Å². The Bertz CT molecular complexity index is 674. The third-order valence-corrected chi connectivity index (χ3v) is 3.90. The fourth-order valence-electron chi connectivity index (χ4n) is 1.82. The third kappa shape index (κ3) is 2.85. The molecular weight excluding hydrogens is 270 g/mol. The maximum Gasteiger partial charge on any atom is 0.205 e. The second-order valence-electron chi connectivity index (χ2n) is 4.34. The summed E-state index contributed by atoms with van der Waals surface area (Å²) in [7, 11) is 0.